The molecule has 0 saturated carbocycles. The maximum absolute atomic E-state index is 4.60. The van der Waals surface area contributed by atoms with Crippen molar-refractivity contribution in [1.29, 1.82) is 0 Å². The highest BCUT2D eigenvalue weighted by Crippen LogP contribution is 2.17. The Morgan fingerprint density at radius 1 is 1.39 bits per heavy atom. The minimum Gasteiger partial charge on any atom is -0.355 e. The predicted octanol–water partition coefficient (Wildman–Crippen LogP) is 2.09. The lowest BCUT2D eigenvalue weighted by Crippen LogP contribution is -2.44. The van der Waals surface area contributed by atoms with Crippen molar-refractivity contribution in [2.24, 2.45) is 7.05 Å². The molecule has 18 heavy (non-hydrogen) atoms. The Kier molecular flexibility index (Phi) is 4.27. The van der Waals surface area contributed by atoms with Crippen LogP contribution in [0, 0.1) is 6.92 Å². The molecule has 1 aliphatic heterocycles. The van der Waals surface area contributed by atoms with Crippen molar-refractivity contribution in [3.63, 3.8) is 0 Å². The minimum absolute atomic E-state index is 0.600. The molecule has 2 rings (SSSR count). The Morgan fingerprint density at radius 2 is 2.11 bits per heavy atom. The van der Waals surface area contributed by atoms with E-state index in [0.29, 0.717) is 12.1 Å². The lowest BCUT2D eigenvalue weighted by Gasteiger charge is -2.32. The molecule has 1 saturated heterocycles. The molecule has 4 nitrogen and oxygen atoms in total. The first-order valence-corrected chi connectivity index (χ1v) is 7.11. The van der Waals surface area contributed by atoms with Crippen LogP contribution in [0.2, 0.25) is 0 Å². The number of nitrogens with zero attached hydrogens (tertiary/aromatic N) is 3. The topological polar surface area (TPSA) is 33.1 Å². The maximum Gasteiger partial charge on any atom is 0.150 e. The molecule has 2 unspecified atom stereocenters. The van der Waals surface area contributed by atoms with Gasteiger partial charge in [-0.15, -0.1) is 0 Å². The van der Waals surface area contributed by atoms with Crippen molar-refractivity contribution >= 4 is 5.82 Å². The first kappa shape index (κ1) is 13.4. The Morgan fingerprint density at radius 3 is 2.72 bits per heavy atom. The van der Waals surface area contributed by atoms with Crippen LogP contribution >= 0.6 is 0 Å². The van der Waals surface area contributed by atoms with E-state index in [2.05, 4.69) is 42.2 Å². The van der Waals surface area contributed by atoms with Gasteiger partial charge in [0, 0.05) is 44.0 Å². The van der Waals surface area contributed by atoms with Crippen molar-refractivity contribution < 1.29 is 0 Å². The summed E-state index contributed by atoms with van der Waals surface area (Å²) in [6.45, 7) is 8.87. The molecule has 0 aromatic carbocycles. The zero-order chi connectivity index (χ0) is 13.1. The fraction of sp³-hybridized carbons (Fsp3) is 0.786. The summed E-state index contributed by atoms with van der Waals surface area (Å²) in [5.41, 5.74) is 1.23. The molecular formula is C14H26N4. The van der Waals surface area contributed by atoms with Crippen molar-refractivity contribution in [2.75, 3.05) is 18.0 Å². The van der Waals surface area contributed by atoms with E-state index in [0.717, 1.165) is 18.9 Å². The lowest BCUT2D eigenvalue weighted by atomic mass is 10.1. The van der Waals surface area contributed by atoms with Crippen molar-refractivity contribution in [3.8, 4) is 0 Å². The zero-order valence-corrected chi connectivity index (χ0v) is 12.1. The third kappa shape index (κ3) is 3.05. The van der Waals surface area contributed by atoms with Gasteiger partial charge >= 0.3 is 0 Å². The fourth-order valence-corrected chi connectivity index (χ4v) is 2.59. The molecule has 4 heteroatoms. The summed E-state index contributed by atoms with van der Waals surface area (Å²) >= 11 is 0. The van der Waals surface area contributed by atoms with Gasteiger partial charge in [0.1, 0.15) is 0 Å². The van der Waals surface area contributed by atoms with Crippen LogP contribution in [0.3, 0.4) is 0 Å². The monoisotopic (exact) mass is 250 g/mol. The summed E-state index contributed by atoms with van der Waals surface area (Å²) in [5, 5.41) is 8.31. The molecule has 2 atom stereocenters. The van der Waals surface area contributed by atoms with Gasteiger partial charge in [0.05, 0.1) is 0 Å². The van der Waals surface area contributed by atoms with Crippen LogP contribution in [0.15, 0.2) is 6.07 Å². The van der Waals surface area contributed by atoms with Gasteiger partial charge in [0.15, 0.2) is 5.82 Å². The van der Waals surface area contributed by atoms with E-state index in [4.69, 9.17) is 0 Å². The quantitative estimate of drug-likeness (QED) is 0.872. The first-order valence-electron chi connectivity index (χ1n) is 7.11. The van der Waals surface area contributed by atoms with Crippen LogP contribution in [0.1, 0.15) is 38.8 Å². The van der Waals surface area contributed by atoms with Gasteiger partial charge in [-0.25, -0.2) is 0 Å². The standard InChI is InChI=1S/C14H26N4/c1-5-13-7-9-18(8-6-11(2)15-13)14-10-12(3)17(4)16-14/h10-11,13,15H,5-9H2,1-4H3. The SMILES string of the molecule is CCC1CCN(c2cc(C)n(C)n2)CCC(C)N1. The molecule has 1 aromatic heterocycles. The second kappa shape index (κ2) is 5.74. The number of hydrogen-bond donors (Lipinski definition) is 1. The summed E-state index contributed by atoms with van der Waals surface area (Å²) < 4.78 is 1.97. The van der Waals surface area contributed by atoms with Gasteiger partial charge in [0.2, 0.25) is 0 Å². The van der Waals surface area contributed by atoms with Gasteiger partial charge in [0.25, 0.3) is 0 Å². The zero-order valence-electron chi connectivity index (χ0n) is 12.1. The molecule has 0 spiro atoms. The second-order valence-corrected chi connectivity index (χ2v) is 5.50. The number of hydrogen-bond acceptors (Lipinski definition) is 3. The number of aryl methyl sites for hydroxylation is 2. The number of rotatable bonds is 2. The van der Waals surface area contributed by atoms with Gasteiger partial charge in [-0.3, -0.25) is 4.68 Å². The molecule has 1 N–H and O–H groups in total. The molecule has 1 aromatic rings. The highest BCUT2D eigenvalue weighted by molar-refractivity contribution is 5.39. The Labute approximate surface area is 110 Å². The summed E-state index contributed by atoms with van der Waals surface area (Å²) in [4.78, 5) is 2.44. The van der Waals surface area contributed by atoms with Gasteiger partial charge in [-0.2, -0.15) is 5.10 Å². The second-order valence-electron chi connectivity index (χ2n) is 5.50. The van der Waals surface area contributed by atoms with E-state index in [1.807, 2.05) is 11.7 Å². The molecular weight excluding hydrogens is 224 g/mol. The Balaban J connectivity index is 2.07. The summed E-state index contributed by atoms with van der Waals surface area (Å²) in [6, 6.07) is 3.44. The van der Waals surface area contributed by atoms with E-state index >= 15 is 0 Å². The number of aromatic nitrogens is 2. The highest BCUT2D eigenvalue weighted by Gasteiger charge is 2.19. The summed E-state index contributed by atoms with van der Waals surface area (Å²) in [7, 11) is 2.02. The van der Waals surface area contributed by atoms with E-state index in [1.165, 1.54) is 25.0 Å². The van der Waals surface area contributed by atoms with Gasteiger partial charge < -0.3 is 10.2 Å². The molecule has 0 radical (unpaired) electrons. The van der Waals surface area contributed by atoms with Crippen LogP contribution in [-0.4, -0.2) is 35.0 Å². The average molecular weight is 250 g/mol. The fourth-order valence-electron chi connectivity index (χ4n) is 2.59. The van der Waals surface area contributed by atoms with Gasteiger partial charge in [-0.1, -0.05) is 6.92 Å². The Bertz CT molecular complexity index is 366. The molecule has 1 fully saturated rings. The van der Waals surface area contributed by atoms with E-state index in [-0.39, 0.29) is 0 Å². The predicted molar refractivity (Wildman–Crippen MR) is 76.1 cm³/mol. The van der Waals surface area contributed by atoms with Crippen molar-refractivity contribution in [3.05, 3.63) is 11.8 Å². The van der Waals surface area contributed by atoms with E-state index < -0.39 is 0 Å². The van der Waals surface area contributed by atoms with Crippen LogP contribution in [0.5, 0.6) is 0 Å². The molecule has 0 aliphatic carbocycles. The average Bonchev–Trinajstić information content (AvgIpc) is 2.64. The number of nitrogens with one attached hydrogen (secondary N) is 1. The van der Waals surface area contributed by atoms with E-state index in [1.54, 1.807) is 0 Å². The van der Waals surface area contributed by atoms with Crippen LogP contribution < -0.4 is 10.2 Å². The maximum atomic E-state index is 4.60. The largest absolute Gasteiger partial charge is 0.355 e. The van der Waals surface area contributed by atoms with Crippen LogP contribution in [0.25, 0.3) is 0 Å². The van der Waals surface area contributed by atoms with Crippen molar-refractivity contribution in [1.82, 2.24) is 15.1 Å². The smallest absolute Gasteiger partial charge is 0.150 e. The van der Waals surface area contributed by atoms with Crippen molar-refractivity contribution in [2.45, 2.75) is 52.1 Å². The minimum atomic E-state index is 0.600. The van der Waals surface area contributed by atoms with Crippen LogP contribution in [0.4, 0.5) is 5.82 Å². The lowest BCUT2D eigenvalue weighted by molar-refractivity contribution is 0.377. The molecule has 1 aliphatic rings. The third-order valence-electron chi connectivity index (χ3n) is 4.02. The normalized spacial score (nSPS) is 25.9. The van der Waals surface area contributed by atoms with Crippen LogP contribution in [-0.2, 0) is 7.05 Å². The first-order chi connectivity index (χ1) is 8.60. The Hall–Kier alpha value is -1.03. The molecule has 2 heterocycles. The third-order valence-corrected chi connectivity index (χ3v) is 4.02. The van der Waals surface area contributed by atoms with Gasteiger partial charge in [-0.05, 0) is 33.1 Å². The van der Waals surface area contributed by atoms with E-state index in [9.17, 15) is 0 Å². The summed E-state index contributed by atoms with van der Waals surface area (Å²) in [6.07, 6.45) is 3.60. The number of anilines is 1. The summed E-state index contributed by atoms with van der Waals surface area (Å²) in [5.74, 6) is 1.14. The molecule has 0 bridgehead atoms. The molecule has 102 valence electrons. The molecule has 0 amide bonds. The highest BCUT2D eigenvalue weighted by atomic mass is 15.3.